The van der Waals surface area contributed by atoms with Gasteiger partial charge in [-0.15, -0.1) is 9.24 Å². The van der Waals surface area contributed by atoms with E-state index < -0.39 is 6.10 Å². The number of nitrogens with zero attached hydrogens (tertiary/aromatic N) is 4. The van der Waals surface area contributed by atoms with E-state index in [0.29, 0.717) is 49.6 Å². The number of nitrogens with two attached hydrogens (primary N) is 1. The Hall–Kier alpha value is -2.95. The van der Waals surface area contributed by atoms with Crippen LogP contribution < -0.4 is 20.7 Å². The Morgan fingerprint density at radius 2 is 2.00 bits per heavy atom. The molecule has 4 rings (SSSR count). The van der Waals surface area contributed by atoms with Crippen LogP contribution in [0.2, 0.25) is 10.0 Å². The van der Waals surface area contributed by atoms with Gasteiger partial charge in [0.15, 0.2) is 0 Å². The van der Waals surface area contributed by atoms with Gasteiger partial charge in [0.1, 0.15) is 23.7 Å². The Bertz CT molecular complexity index is 1330. The zero-order chi connectivity index (χ0) is 26.0. The lowest BCUT2D eigenvalue weighted by molar-refractivity contribution is 0.227. The fraction of sp³-hybridized carbons (Fsp3) is 0.280. The van der Waals surface area contributed by atoms with Crippen LogP contribution in [-0.2, 0) is 0 Å². The molecule has 1 fully saturated rings. The van der Waals surface area contributed by atoms with Crippen molar-refractivity contribution >= 4 is 49.7 Å². The Labute approximate surface area is 222 Å². The van der Waals surface area contributed by atoms with E-state index in [1.807, 2.05) is 6.92 Å². The summed E-state index contributed by atoms with van der Waals surface area (Å²) in [6.07, 6.45) is 4.95. The Morgan fingerprint density at radius 1 is 1.31 bits per heavy atom. The lowest BCUT2D eigenvalue weighted by Crippen LogP contribution is -2.67. The number of nitrogen functional groups attached to an aromatic ring is 1. The van der Waals surface area contributed by atoms with Crippen molar-refractivity contribution in [2.24, 2.45) is 0 Å². The average Bonchev–Trinajstić information content (AvgIpc) is 2.83. The average molecular weight is 542 g/mol. The summed E-state index contributed by atoms with van der Waals surface area (Å²) in [7, 11) is 2.66. The van der Waals surface area contributed by atoms with E-state index in [-0.39, 0.29) is 11.3 Å². The number of hydrogen-bond donors (Lipinski definition) is 3. The summed E-state index contributed by atoms with van der Waals surface area (Å²) in [6.45, 7) is 5.46. The molecule has 0 saturated carbocycles. The number of pyridine rings is 2. The second kappa shape index (κ2) is 10.6. The minimum Gasteiger partial charge on any atom is -0.486 e. The van der Waals surface area contributed by atoms with E-state index in [4.69, 9.17) is 39.1 Å². The third kappa shape index (κ3) is 5.25. The Balaban J connectivity index is 1.56. The highest BCUT2D eigenvalue weighted by molar-refractivity contribution is 7.16. The van der Waals surface area contributed by atoms with E-state index in [2.05, 4.69) is 42.4 Å². The summed E-state index contributed by atoms with van der Waals surface area (Å²) in [4.78, 5) is 10.6. The van der Waals surface area contributed by atoms with Gasteiger partial charge in [0.25, 0.3) is 0 Å². The summed E-state index contributed by atoms with van der Waals surface area (Å²) >= 11 is 12.5. The molecule has 4 N–H and O–H groups in total. The molecule has 2 aromatic heterocycles. The van der Waals surface area contributed by atoms with Gasteiger partial charge in [0.2, 0.25) is 0 Å². The number of nitrogens with one attached hydrogen (secondary N) is 2. The van der Waals surface area contributed by atoms with Crippen molar-refractivity contribution in [1.29, 1.82) is 10.7 Å². The highest BCUT2D eigenvalue weighted by Gasteiger charge is 2.39. The second-order valence-corrected chi connectivity index (χ2v) is 10.1. The lowest BCUT2D eigenvalue weighted by Gasteiger charge is -2.49. The molecule has 1 aliphatic heterocycles. The lowest BCUT2D eigenvalue weighted by atomic mass is 9.92. The van der Waals surface area contributed by atoms with Crippen molar-refractivity contribution in [1.82, 2.24) is 15.3 Å². The topological polar surface area (TPSA) is 124 Å². The van der Waals surface area contributed by atoms with Crippen molar-refractivity contribution in [2.75, 3.05) is 30.0 Å². The zero-order valence-corrected chi connectivity index (χ0v) is 22.5. The molecule has 0 radical (unpaired) electrons. The van der Waals surface area contributed by atoms with E-state index in [0.717, 1.165) is 19.4 Å². The first-order valence-electron chi connectivity index (χ1n) is 11.2. The van der Waals surface area contributed by atoms with E-state index in [1.165, 1.54) is 12.4 Å². The molecule has 0 amide bonds. The monoisotopic (exact) mass is 541 g/mol. The van der Waals surface area contributed by atoms with Crippen LogP contribution in [0.5, 0.6) is 5.75 Å². The molecule has 36 heavy (non-hydrogen) atoms. The van der Waals surface area contributed by atoms with Gasteiger partial charge in [0.05, 0.1) is 26.9 Å². The number of anilines is 2. The predicted molar refractivity (Wildman–Crippen MR) is 147 cm³/mol. The van der Waals surface area contributed by atoms with Gasteiger partial charge in [0, 0.05) is 60.3 Å². The summed E-state index contributed by atoms with van der Waals surface area (Å²) in [6, 6.07) is 8.98. The van der Waals surface area contributed by atoms with Gasteiger partial charge in [-0.05, 0) is 38.1 Å². The van der Waals surface area contributed by atoms with E-state index in [1.54, 1.807) is 30.5 Å². The molecule has 1 aliphatic rings. The van der Waals surface area contributed by atoms with Gasteiger partial charge in [-0.3, -0.25) is 10.4 Å². The molecule has 3 aromatic rings. The van der Waals surface area contributed by atoms with Crippen molar-refractivity contribution in [3.05, 3.63) is 75.2 Å². The van der Waals surface area contributed by atoms with Gasteiger partial charge in [-0.1, -0.05) is 23.2 Å². The van der Waals surface area contributed by atoms with Crippen molar-refractivity contribution in [3.8, 4) is 11.8 Å². The van der Waals surface area contributed by atoms with Gasteiger partial charge < -0.3 is 20.7 Å². The molecule has 11 heteroatoms. The van der Waals surface area contributed by atoms with Crippen LogP contribution in [-0.4, -0.2) is 40.6 Å². The maximum atomic E-state index is 9.77. The molecule has 0 bridgehead atoms. The number of halogens is 2. The number of ether oxygens (including phenoxy) is 1. The zero-order valence-electron chi connectivity index (χ0n) is 19.8. The summed E-state index contributed by atoms with van der Waals surface area (Å²) in [5, 5.41) is 22.8. The number of nitriles is 1. The second-order valence-electron chi connectivity index (χ2n) is 8.91. The molecule has 2 atom stereocenters. The molecule has 186 valence electrons. The quantitative estimate of drug-likeness (QED) is 0.212. The highest BCUT2D eigenvalue weighted by Crippen LogP contribution is 2.34. The van der Waals surface area contributed by atoms with Crippen molar-refractivity contribution < 1.29 is 4.74 Å². The van der Waals surface area contributed by atoms with Crippen LogP contribution in [0.25, 0.3) is 0 Å². The molecular formula is C25H26Cl2N7OP. The molecule has 0 aliphatic carbocycles. The molecular weight excluding hydrogens is 516 g/mol. The fourth-order valence-corrected chi connectivity index (χ4v) is 5.45. The minimum absolute atomic E-state index is 0.0156. The summed E-state index contributed by atoms with van der Waals surface area (Å²) < 4.78 is 6.07. The SMILES string of the molecule is C[C@@H](Oc1ccc(N)c(C(=N)c2cnc(N3CC(C)(NCP)C3)c(C#N)c2)c1)c1c(Cl)cncc1Cl. The minimum atomic E-state index is -0.465. The maximum Gasteiger partial charge on any atom is 0.146 e. The van der Waals surface area contributed by atoms with Gasteiger partial charge in [-0.25, -0.2) is 4.98 Å². The Morgan fingerprint density at radius 3 is 2.64 bits per heavy atom. The number of aromatic nitrogens is 2. The van der Waals surface area contributed by atoms with Crippen LogP contribution >= 0.6 is 32.4 Å². The van der Waals surface area contributed by atoms with Gasteiger partial charge in [-0.2, -0.15) is 5.26 Å². The first-order chi connectivity index (χ1) is 17.2. The fourth-order valence-electron chi connectivity index (χ4n) is 4.29. The predicted octanol–water partition coefficient (Wildman–Crippen LogP) is 4.79. The standard InChI is InChI=1S/C25H26Cl2N7OP/c1-14(22-19(26)9-31-10-20(22)27)35-17-3-4-21(29)18(6-17)23(30)16-5-15(7-28)24(32-8-16)34-11-25(2,12-34)33-13-36/h3-6,8-10,14,30,33H,11-13,29,36H2,1-2H3/t14-/m1/s1. The summed E-state index contributed by atoms with van der Waals surface area (Å²) in [5.41, 5.74) is 8.71. The molecule has 8 nitrogen and oxygen atoms in total. The number of hydrogen-bond acceptors (Lipinski definition) is 8. The van der Waals surface area contributed by atoms with E-state index in [9.17, 15) is 5.26 Å². The third-order valence-corrected chi connectivity index (χ3v) is 6.89. The smallest absolute Gasteiger partial charge is 0.146 e. The normalized spacial score (nSPS) is 15.1. The summed E-state index contributed by atoms with van der Waals surface area (Å²) in [5.74, 6) is 1.11. The van der Waals surface area contributed by atoms with Gasteiger partial charge >= 0.3 is 0 Å². The van der Waals surface area contributed by atoms with Crippen LogP contribution in [0.15, 0.2) is 42.9 Å². The van der Waals surface area contributed by atoms with Crippen LogP contribution in [0, 0.1) is 16.7 Å². The number of rotatable bonds is 8. The molecule has 1 unspecified atom stereocenters. The first-order valence-corrected chi connectivity index (χ1v) is 12.8. The molecule has 1 saturated heterocycles. The third-order valence-electron chi connectivity index (χ3n) is 6.09. The molecule has 1 aromatic carbocycles. The molecule has 0 spiro atoms. The van der Waals surface area contributed by atoms with Crippen molar-refractivity contribution in [3.63, 3.8) is 0 Å². The van der Waals surface area contributed by atoms with Crippen LogP contribution in [0.3, 0.4) is 0 Å². The van der Waals surface area contributed by atoms with Crippen LogP contribution in [0.1, 0.15) is 42.2 Å². The largest absolute Gasteiger partial charge is 0.486 e. The number of benzene rings is 1. The van der Waals surface area contributed by atoms with Crippen LogP contribution in [0.4, 0.5) is 11.5 Å². The Kier molecular flexibility index (Phi) is 7.67. The maximum absolute atomic E-state index is 9.77. The first kappa shape index (κ1) is 26.1. The highest BCUT2D eigenvalue weighted by atomic mass is 35.5. The van der Waals surface area contributed by atoms with E-state index >= 15 is 0 Å². The molecule has 3 heterocycles. The van der Waals surface area contributed by atoms with Crippen molar-refractivity contribution in [2.45, 2.75) is 25.5 Å².